The summed E-state index contributed by atoms with van der Waals surface area (Å²) >= 11 is 14.1. The molecule has 0 spiro atoms. The average molecular weight is 530 g/mol. The summed E-state index contributed by atoms with van der Waals surface area (Å²) in [4.78, 5) is 29.1. The predicted molar refractivity (Wildman–Crippen MR) is 149 cm³/mol. The van der Waals surface area contributed by atoms with Crippen LogP contribution in [0.15, 0.2) is 54.6 Å². The molecule has 9 rings (SSSR count). The van der Waals surface area contributed by atoms with Crippen LogP contribution in [0.3, 0.4) is 0 Å². The number of para-hydroxylation sites is 1. The molecule has 2 fully saturated rings. The van der Waals surface area contributed by atoms with E-state index in [4.69, 9.17) is 23.2 Å². The van der Waals surface area contributed by atoms with Crippen molar-refractivity contribution in [3.05, 3.63) is 86.9 Å². The van der Waals surface area contributed by atoms with Crippen LogP contribution in [0.5, 0.6) is 0 Å². The Balaban J connectivity index is 1.44. The van der Waals surface area contributed by atoms with Gasteiger partial charge in [0.15, 0.2) is 11.6 Å². The largest absolute Gasteiger partial charge is 0.307 e. The van der Waals surface area contributed by atoms with Gasteiger partial charge < -0.3 is 4.90 Å². The quantitative estimate of drug-likeness (QED) is 0.339. The number of rotatable bonds is 3. The summed E-state index contributed by atoms with van der Waals surface area (Å²) in [6.07, 6.45) is 7.99. The fraction of sp³-hybridized carbons (Fsp3) is 0.375. The number of carbonyl (C=O) groups is 2. The lowest BCUT2D eigenvalue weighted by Crippen LogP contribution is -2.17. The summed E-state index contributed by atoms with van der Waals surface area (Å²) in [5.74, 6) is 1.44. The minimum atomic E-state index is 0.0980. The number of hydrogen-bond donors (Lipinski definition) is 0. The van der Waals surface area contributed by atoms with Crippen molar-refractivity contribution < 1.29 is 9.59 Å². The van der Waals surface area contributed by atoms with Crippen molar-refractivity contribution in [2.45, 2.75) is 63.2 Å². The Morgan fingerprint density at radius 1 is 0.568 bits per heavy atom. The lowest BCUT2D eigenvalue weighted by atomic mass is 9.82. The Morgan fingerprint density at radius 2 is 0.973 bits per heavy atom. The van der Waals surface area contributed by atoms with Gasteiger partial charge in [0.05, 0.1) is 21.4 Å². The van der Waals surface area contributed by atoms with E-state index in [1.165, 1.54) is 0 Å². The highest BCUT2D eigenvalue weighted by atomic mass is 35.5. The number of nitrogens with zero attached hydrogens (tertiary/aromatic N) is 1. The third kappa shape index (κ3) is 3.77. The Kier molecular flexibility index (Phi) is 5.71. The summed E-state index contributed by atoms with van der Waals surface area (Å²) in [5, 5.41) is 1.19. The van der Waals surface area contributed by atoms with E-state index in [-0.39, 0.29) is 23.4 Å². The molecule has 0 radical (unpaired) electrons. The molecule has 188 valence electrons. The average Bonchev–Trinajstić information content (AvgIpc) is 3.26. The Bertz CT molecular complexity index is 1330. The number of anilines is 3. The van der Waals surface area contributed by atoms with Crippen LogP contribution in [-0.2, 0) is 0 Å². The van der Waals surface area contributed by atoms with Crippen LogP contribution < -0.4 is 4.90 Å². The van der Waals surface area contributed by atoms with Gasteiger partial charge in [-0.05, 0) is 111 Å². The molecule has 6 aliphatic rings. The van der Waals surface area contributed by atoms with Gasteiger partial charge >= 0.3 is 0 Å². The standard InChI is InChI=1S/C32H29Cl2NO2/c33-27-14-23-18-6-10-20(11-7-18)31(36)25(23)16-29(27)35(22-4-2-1-3-5-22)30-17-26-24(15-28(30)34)19-8-12-21(13-9-19)32(26)37/h1-5,14-21H,6-13H2. The number of benzene rings is 3. The van der Waals surface area contributed by atoms with E-state index in [1.54, 1.807) is 0 Å². The molecule has 37 heavy (non-hydrogen) atoms. The van der Waals surface area contributed by atoms with Crippen molar-refractivity contribution in [1.29, 1.82) is 0 Å². The van der Waals surface area contributed by atoms with Gasteiger partial charge in [-0.15, -0.1) is 0 Å². The molecule has 0 saturated heterocycles. The lowest BCUT2D eigenvalue weighted by Gasteiger charge is -2.29. The molecule has 0 heterocycles. The number of Topliss-reactive ketones (excluding diaryl/α,β-unsaturated/α-hetero) is 2. The monoisotopic (exact) mass is 529 g/mol. The molecule has 5 heteroatoms. The van der Waals surface area contributed by atoms with E-state index >= 15 is 0 Å². The maximum atomic E-state index is 13.5. The zero-order valence-electron chi connectivity index (χ0n) is 20.7. The SMILES string of the molecule is O=C1c2cc(N(c3ccccc3)c3cc4c(cc3Cl)C3CCC(CC3)C4=O)c(Cl)cc2C2CCC1CC2. The molecule has 0 aromatic heterocycles. The molecule has 3 aromatic carbocycles. The first-order valence-corrected chi connectivity index (χ1v) is 14.4. The topological polar surface area (TPSA) is 37.4 Å². The van der Waals surface area contributed by atoms with Crippen molar-refractivity contribution in [2.75, 3.05) is 4.90 Å². The second-order valence-corrected chi connectivity index (χ2v) is 12.1. The van der Waals surface area contributed by atoms with E-state index in [0.717, 1.165) is 90.7 Å². The van der Waals surface area contributed by atoms with Crippen molar-refractivity contribution in [3.63, 3.8) is 0 Å². The molecule has 3 aromatic rings. The number of carbonyl (C=O) groups excluding carboxylic acids is 2. The third-order valence-electron chi connectivity index (χ3n) is 9.34. The van der Waals surface area contributed by atoms with Crippen molar-refractivity contribution in [2.24, 2.45) is 11.8 Å². The van der Waals surface area contributed by atoms with Crippen LogP contribution in [0.4, 0.5) is 17.1 Å². The fourth-order valence-corrected chi connectivity index (χ4v) is 7.87. The molecule has 2 saturated carbocycles. The maximum Gasteiger partial charge on any atom is 0.166 e. The van der Waals surface area contributed by atoms with E-state index in [1.807, 2.05) is 59.5 Å². The molecular formula is C32H29Cl2NO2. The van der Waals surface area contributed by atoms with Gasteiger partial charge in [-0.25, -0.2) is 0 Å². The maximum absolute atomic E-state index is 13.5. The smallest absolute Gasteiger partial charge is 0.166 e. The van der Waals surface area contributed by atoms with E-state index in [9.17, 15) is 9.59 Å². The summed E-state index contributed by atoms with van der Waals surface area (Å²) in [6, 6.07) is 18.0. The van der Waals surface area contributed by atoms with Gasteiger partial charge in [0, 0.05) is 28.7 Å². The molecule has 0 amide bonds. The van der Waals surface area contributed by atoms with Crippen LogP contribution in [-0.4, -0.2) is 11.6 Å². The van der Waals surface area contributed by atoms with Crippen LogP contribution in [0.25, 0.3) is 0 Å². The number of halogens is 2. The Labute approximate surface area is 227 Å². The van der Waals surface area contributed by atoms with Crippen LogP contribution in [0.2, 0.25) is 10.0 Å². The lowest BCUT2D eigenvalue weighted by molar-refractivity contribution is 0.0891. The van der Waals surface area contributed by atoms with E-state index < -0.39 is 0 Å². The van der Waals surface area contributed by atoms with Gasteiger partial charge in [-0.1, -0.05) is 41.4 Å². The van der Waals surface area contributed by atoms with Crippen LogP contribution >= 0.6 is 23.2 Å². The Morgan fingerprint density at radius 3 is 1.41 bits per heavy atom. The Hall–Kier alpha value is -2.62. The molecule has 0 N–H and O–H groups in total. The first-order chi connectivity index (χ1) is 18.0. The highest BCUT2D eigenvalue weighted by Gasteiger charge is 2.38. The molecule has 0 unspecified atom stereocenters. The number of ketones is 2. The van der Waals surface area contributed by atoms with Crippen molar-refractivity contribution in [3.8, 4) is 0 Å². The molecular weight excluding hydrogens is 501 g/mol. The second kappa shape index (κ2) is 8.99. The summed E-state index contributed by atoms with van der Waals surface area (Å²) in [6.45, 7) is 0. The van der Waals surface area contributed by atoms with Gasteiger partial charge in [-0.3, -0.25) is 9.59 Å². The molecule has 3 nitrogen and oxygen atoms in total. The minimum Gasteiger partial charge on any atom is -0.307 e. The van der Waals surface area contributed by atoms with E-state index in [0.29, 0.717) is 21.9 Å². The molecule has 4 bridgehead atoms. The van der Waals surface area contributed by atoms with Gasteiger partial charge in [0.25, 0.3) is 0 Å². The highest BCUT2D eigenvalue weighted by Crippen LogP contribution is 2.51. The zero-order chi connectivity index (χ0) is 25.3. The summed E-state index contributed by atoms with van der Waals surface area (Å²) in [5.41, 5.74) is 6.12. The predicted octanol–water partition coefficient (Wildman–Crippen LogP) is 9.40. The van der Waals surface area contributed by atoms with E-state index in [2.05, 4.69) is 0 Å². The fourth-order valence-electron chi connectivity index (χ4n) is 7.36. The minimum absolute atomic E-state index is 0.0980. The van der Waals surface area contributed by atoms with Crippen molar-refractivity contribution >= 4 is 51.8 Å². The first kappa shape index (κ1) is 23.5. The highest BCUT2D eigenvalue weighted by molar-refractivity contribution is 6.36. The normalized spacial score (nSPS) is 25.9. The summed E-state index contributed by atoms with van der Waals surface area (Å²) < 4.78 is 0. The van der Waals surface area contributed by atoms with Gasteiger partial charge in [0.1, 0.15) is 0 Å². The number of hydrogen-bond acceptors (Lipinski definition) is 3. The van der Waals surface area contributed by atoms with Crippen LogP contribution in [0, 0.1) is 11.8 Å². The first-order valence-electron chi connectivity index (χ1n) is 13.6. The molecule has 0 atom stereocenters. The van der Waals surface area contributed by atoms with Gasteiger partial charge in [0.2, 0.25) is 0 Å². The third-order valence-corrected chi connectivity index (χ3v) is 9.95. The van der Waals surface area contributed by atoms with Crippen LogP contribution in [0.1, 0.15) is 95.0 Å². The molecule has 6 aliphatic carbocycles. The second-order valence-electron chi connectivity index (χ2n) is 11.3. The zero-order valence-corrected chi connectivity index (χ0v) is 22.2. The van der Waals surface area contributed by atoms with Gasteiger partial charge in [-0.2, -0.15) is 0 Å². The molecule has 0 aliphatic heterocycles. The number of fused-ring (bicyclic) bond motifs is 4. The van der Waals surface area contributed by atoms with Crippen molar-refractivity contribution in [1.82, 2.24) is 0 Å². The summed E-state index contributed by atoms with van der Waals surface area (Å²) in [7, 11) is 0.